The summed E-state index contributed by atoms with van der Waals surface area (Å²) >= 11 is 0. The van der Waals surface area contributed by atoms with Crippen molar-refractivity contribution in [3.63, 3.8) is 0 Å². The molecule has 3 aromatic heterocycles. The van der Waals surface area contributed by atoms with E-state index in [4.69, 9.17) is 28.8 Å². The second-order valence-electron chi connectivity index (χ2n) is 11.1. The van der Waals surface area contributed by atoms with E-state index in [1.54, 1.807) is 0 Å². The number of nitrogens with zero attached hydrogens (tertiary/aromatic N) is 4. The summed E-state index contributed by atoms with van der Waals surface area (Å²) in [4.78, 5) is 19.3. The van der Waals surface area contributed by atoms with E-state index in [2.05, 4.69) is 36.4 Å². The molecule has 0 bridgehead atoms. The molecule has 0 radical (unpaired) electrons. The van der Waals surface area contributed by atoms with Crippen LogP contribution in [0.3, 0.4) is 0 Å². The molecule has 3 heterocycles. The highest BCUT2D eigenvalue weighted by Gasteiger charge is 2.16. The molecule has 6 nitrogen and oxygen atoms in total. The summed E-state index contributed by atoms with van der Waals surface area (Å²) in [5, 5.41) is 2.08. The number of oxazole rings is 1. The van der Waals surface area contributed by atoms with Crippen LogP contribution in [0.25, 0.3) is 89.8 Å². The van der Waals surface area contributed by atoms with Gasteiger partial charge in [0, 0.05) is 33.0 Å². The number of hydrogen-bond donors (Lipinski definition) is 0. The van der Waals surface area contributed by atoms with Crippen LogP contribution in [0.15, 0.2) is 154 Å². The van der Waals surface area contributed by atoms with Gasteiger partial charge >= 0.3 is 0 Å². The molecule has 0 aliphatic carbocycles. The van der Waals surface area contributed by atoms with E-state index in [1.807, 2.05) is 109 Å². The van der Waals surface area contributed by atoms with Crippen molar-refractivity contribution >= 4 is 33.0 Å². The number of aromatic nitrogens is 4. The summed E-state index contributed by atoms with van der Waals surface area (Å²) in [6, 6.07) is 48.4. The van der Waals surface area contributed by atoms with Gasteiger partial charge in [-0.15, -0.1) is 0 Å². The summed E-state index contributed by atoms with van der Waals surface area (Å²) in [6.07, 6.45) is 0. The highest BCUT2D eigenvalue weighted by atomic mass is 16.3. The van der Waals surface area contributed by atoms with Gasteiger partial charge in [-0.1, -0.05) is 97.1 Å². The number of benzene rings is 6. The highest BCUT2D eigenvalue weighted by Crippen LogP contribution is 2.36. The first-order chi connectivity index (χ1) is 22.7. The first-order valence-electron chi connectivity index (χ1n) is 15.1. The van der Waals surface area contributed by atoms with Gasteiger partial charge in [-0.05, 0) is 59.7 Å². The Labute approximate surface area is 263 Å². The van der Waals surface area contributed by atoms with Crippen LogP contribution in [0.2, 0.25) is 0 Å². The van der Waals surface area contributed by atoms with Crippen LogP contribution in [0.1, 0.15) is 0 Å². The fourth-order valence-electron chi connectivity index (χ4n) is 5.84. The molecular formula is C40H24N4O2. The van der Waals surface area contributed by atoms with Gasteiger partial charge in [0.2, 0.25) is 5.89 Å². The average molecular weight is 593 g/mol. The van der Waals surface area contributed by atoms with Crippen LogP contribution in [-0.2, 0) is 0 Å². The normalized spacial score (nSPS) is 11.5. The number of fused-ring (bicyclic) bond motifs is 4. The minimum Gasteiger partial charge on any atom is -0.456 e. The van der Waals surface area contributed by atoms with E-state index >= 15 is 0 Å². The number of hydrogen-bond acceptors (Lipinski definition) is 6. The predicted octanol–water partition coefficient (Wildman–Crippen LogP) is 10.2. The highest BCUT2D eigenvalue weighted by molar-refractivity contribution is 6.07. The quantitative estimate of drug-likeness (QED) is 0.198. The minimum atomic E-state index is 0.589. The van der Waals surface area contributed by atoms with Crippen molar-refractivity contribution in [2.45, 2.75) is 0 Å². The lowest BCUT2D eigenvalue weighted by molar-refractivity contribution is 0.620. The van der Waals surface area contributed by atoms with Gasteiger partial charge in [0.25, 0.3) is 0 Å². The Morgan fingerprint density at radius 2 is 0.804 bits per heavy atom. The maximum Gasteiger partial charge on any atom is 0.227 e. The van der Waals surface area contributed by atoms with Crippen LogP contribution < -0.4 is 0 Å². The van der Waals surface area contributed by atoms with E-state index < -0.39 is 0 Å². The standard InChI is InChI=1S/C40H24N4O2/c1-4-10-25(11-5-1)37-42-38(26-12-6-2-7-13-26)44-39(43-37)30-17-20-32-31-19-16-29(23-35(31)45-36(32)24-30)28-18-21-34-33(22-28)41-40(46-34)27-14-8-3-9-15-27/h1-24H. The lowest BCUT2D eigenvalue weighted by Crippen LogP contribution is -2.00. The summed E-state index contributed by atoms with van der Waals surface area (Å²) < 4.78 is 12.5. The lowest BCUT2D eigenvalue weighted by atomic mass is 10.0. The molecule has 0 saturated heterocycles. The minimum absolute atomic E-state index is 0.589. The molecule has 216 valence electrons. The third-order valence-electron chi connectivity index (χ3n) is 8.17. The fraction of sp³-hybridized carbons (Fsp3) is 0. The zero-order valence-corrected chi connectivity index (χ0v) is 24.5. The molecule has 0 aliphatic heterocycles. The smallest absolute Gasteiger partial charge is 0.227 e. The van der Waals surface area contributed by atoms with Crippen molar-refractivity contribution < 1.29 is 8.83 Å². The van der Waals surface area contributed by atoms with Gasteiger partial charge in [-0.2, -0.15) is 0 Å². The van der Waals surface area contributed by atoms with E-state index in [0.717, 1.165) is 66.4 Å². The number of furan rings is 1. The van der Waals surface area contributed by atoms with Gasteiger partial charge in [0.1, 0.15) is 16.7 Å². The van der Waals surface area contributed by atoms with Gasteiger partial charge in [0.05, 0.1) is 0 Å². The van der Waals surface area contributed by atoms with Crippen LogP contribution in [0, 0.1) is 0 Å². The second-order valence-corrected chi connectivity index (χ2v) is 11.1. The molecular weight excluding hydrogens is 568 g/mol. The second kappa shape index (κ2) is 10.6. The first kappa shape index (κ1) is 26.0. The Morgan fingerprint density at radius 1 is 0.326 bits per heavy atom. The Bertz CT molecular complexity index is 2460. The zero-order chi connectivity index (χ0) is 30.5. The Balaban J connectivity index is 1.11. The molecule has 0 fully saturated rings. The molecule has 9 aromatic rings. The summed E-state index contributed by atoms with van der Waals surface area (Å²) in [5.74, 6) is 2.45. The molecule has 6 heteroatoms. The summed E-state index contributed by atoms with van der Waals surface area (Å²) in [6.45, 7) is 0. The molecule has 46 heavy (non-hydrogen) atoms. The topological polar surface area (TPSA) is 77.8 Å². The van der Waals surface area contributed by atoms with Crippen molar-refractivity contribution in [2.75, 3.05) is 0 Å². The van der Waals surface area contributed by atoms with Crippen molar-refractivity contribution in [1.82, 2.24) is 19.9 Å². The SMILES string of the molecule is c1ccc(-c2nc(-c3ccccc3)nc(-c3ccc4c(c3)oc3cc(-c5ccc6oc(-c7ccccc7)nc6c5)ccc34)n2)cc1. The molecule has 0 N–H and O–H groups in total. The Kier molecular flexibility index (Phi) is 6.03. The zero-order valence-electron chi connectivity index (χ0n) is 24.5. The van der Waals surface area contributed by atoms with Crippen LogP contribution >= 0.6 is 0 Å². The average Bonchev–Trinajstić information content (AvgIpc) is 3.73. The van der Waals surface area contributed by atoms with E-state index in [-0.39, 0.29) is 0 Å². The van der Waals surface area contributed by atoms with Crippen molar-refractivity contribution in [1.29, 1.82) is 0 Å². The molecule has 0 unspecified atom stereocenters. The van der Waals surface area contributed by atoms with E-state index in [0.29, 0.717) is 23.4 Å². The third kappa shape index (κ3) is 4.60. The van der Waals surface area contributed by atoms with Crippen molar-refractivity contribution in [3.8, 4) is 56.7 Å². The molecule has 9 rings (SSSR count). The maximum absolute atomic E-state index is 6.45. The molecule has 6 aromatic carbocycles. The Morgan fingerprint density at radius 3 is 1.41 bits per heavy atom. The molecule has 0 spiro atoms. The monoisotopic (exact) mass is 592 g/mol. The van der Waals surface area contributed by atoms with Crippen molar-refractivity contribution in [2.24, 2.45) is 0 Å². The Hall–Kier alpha value is -6.40. The van der Waals surface area contributed by atoms with Gasteiger partial charge < -0.3 is 8.83 Å². The van der Waals surface area contributed by atoms with Gasteiger partial charge in [-0.3, -0.25) is 0 Å². The van der Waals surface area contributed by atoms with Gasteiger partial charge in [0.15, 0.2) is 23.1 Å². The van der Waals surface area contributed by atoms with E-state index in [1.165, 1.54) is 0 Å². The van der Waals surface area contributed by atoms with Crippen LogP contribution in [0.5, 0.6) is 0 Å². The van der Waals surface area contributed by atoms with Crippen LogP contribution in [0.4, 0.5) is 0 Å². The lowest BCUT2D eigenvalue weighted by Gasteiger charge is -2.08. The number of rotatable bonds is 5. The molecule has 0 amide bonds. The largest absolute Gasteiger partial charge is 0.456 e. The summed E-state index contributed by atoms with van der Waals surface area (Å²) in [5.41, 5.74) is 8.89. The van der Waals surface area contributed by atoms with Crippen molar-refractivity contribution in [3.05, 3.63) is 146 Å². The molecule has 0 saturated carbocycles. The molecule has 0 atom stereocenters. The maximum atomic E-state index is 6.45. The third-order valence-corrected chi connectivity index (χ3v) is 8.17. The predicted molar refractivity (Wildman–Crippen MR) is 182 cm³/mol. The van der Waals surface area contributed by atoms with Gasteiger partial charge in [-0.25, -0.2) is 19.9 Å². The van der Waals surface area contributed by atoms with E-state index in [9.17, 15) is 0 Å². The summed E-state index contributed by atoms with van der Waals surface area (Å²) in [7, 11) is 0. The first-order valence-corrected chi connectivity index (χ1v) is 15.1. The fourth-order valence-corrected chi connectivity index (χ4v) is 5.84. The van der Waals surface area contributed by atoms with Crippen LogP contribution in [-0.4, -0.2) is 19.9 Å². The molecule has 0 aliphatic rings.